The molecule has 4 rings (SSSR count). The van der Waals surface area contributed by atoms with Gasteiger partial charge in [-0.2, -0.15) is 0 Å². The van der Waals surface area contributed by atoms with Crippen molar-refractivity contribution in [3.05, 3.63) is 69.1 Å². The Bertz CT molecular complexity index is 1320. The number of hydrogen-bond acceptors (Lipinski definition) is 7. The molecular weight excluding hydrogens is 471 g/mol. The molecule has 0 saturated heterocycles. The lowest BCUT2D eigenvalue weighted by molar-refractivity contribution is -0.120. The van der Waals surface area contributed by atoms with Crippen LogP contribution in [0.4, 0.5) is 4.39 Å². The van der Waals surface area contributed by atoms with Gasteiger partial charge in [0.25, 0.3) is 11.5 Å². The fraction of sp³-hybridized carbons (Fsp3) is 0.360. The van der Waals surface area contributed by atoms with E-state index in [1.54, 1.807) is 18.2 Å². The number of amides is 1. The molecule has 1 aromatic carbocycles. The Kier molecular flexibility index (Phi) is 7.51. The van der Waals surface area contributed by atoms with Crippen LogP contribution in [0.1, 0.15) is 47.6 Å². The highest BCUT2D eigenvalue weighted by Crippen LogP contribution is 2.28. The van der Waals surface area contributed by atoms with Gasteiger partial charge in [0.2, 0.25) is 0 Å². The fourth-order valence-corrected chi connectivity index (χ4v) is 4.89. The van der Waals surface area contributed by atoms with Crippen molar-refractivity contribution < 1.29 is 18.4 Å². The summed E-state index contributed by atoms with van der Waals surface area (Å²) in [5.41, 5.74) is 7.82. The first-order chi connectivity index (χ1) is 16.8. The van der Waals surface area contributed by atoms with Crippen molar-refractivity contribution in [1.29, 1.82) is 0 Å². The number of halogens is 1. The number of nitrogens with two attached hydrogens (primary N) is 1. The second kappa shape index (κ2) is 10.6. The molecule has 1 aliphatic rings. The zero-order valence-electron chi connectivity index (χ0n) is 19.5. The Morgan fingerprint density at radius 2 is 2.06 bits per heavy atom. The van der Waals surface area contributed by atoms with Gasteiger partial charge >= 0.3 is 0 Å². The van der Waals surface area contributed by atoms with Gasteiger partial charge in [-0.3, -0.25) is 14.4 Å². The van der Waals surface area contributed by atoms with Crippen molar-refractivity contribution in [3.63, 3.8) is 0 Å². The number of Topliss-reactive ketones (excluding diaryl/α,β-unsaturated/α-hetero) is 1. The van der Waals surface area contributed by atoms with Crippen molar-refractivity contribution in [3.8, 4) is 11.3 Å². The third-order valence-electron chi connectivity index (χ3n) is 5.95. The fourth-order valence-electron chi connectivity index (χ4n) is 4.02. The minimum absolute atomic E-state index is 0.0159. The van der Waals surface area contributed by atoms with Gasteiger partial charge in [0, 0.05) is 16.9 Å². The maximum absolute atomic E-state index is 14.8. The number of furan rings is 1. The zero-order valence-corrected chi connectivity index (χ0v) is 20.3. The van der Waals surface area contributed by atoms with E-state index in [-0.39, 0.29) is 29.6 Å². The molecule has 10 heteroatoms. The largest absolute Gasteiger partial charge is 0.451 e. The van der Waals surface area contributed by atoms with E-state index in [0.29, 0.717) is 27.8 Å². The van der Waals surface area contributed by atoms with Gasteiger partial charge < -0.3 is 20.5 Å². The molecular formula is C25H27FN4O4S. The van der Waals surface area contributed by atoms with Crippen molar-refractivity contribution in [2.75, 3.05) is 6.54 Å². The van der Waals surface area contributed by atoms with Crippen molar-refractivity contribution in [2.45, 2.75) is 50.1 Å². The molecule has 184 valence electrons. The number of carbonyl (C=O) groups excluding carboxylic acids is 2. The predicted molar refractivity (Wildman–Crippen MR) is 131 cm³/mol. The number of thioether (sulfide) groups is 1. The van der Waals surface area contributed by atoms with Crippen molar-refractivity contribution in [1.82, 2.24) is 15.3 Å². The minimum atomic E-state index is -0.717. The highest BCUT2D eigenvalue weighted by atomic mass is 32.2. The third kappa shape index (κ3) is 5.54. The van der Waals surface area contributed by atoms with Crippen LogP contribution in [0.25, 0.3) is 11.3 Å². The lowest BCUT2D eigenvalue weighted by atomic mass is 10.00. The maximum atomic E-state index is 14.8. The summed E-state index contributed by atoms with van der Waals surface area (Å²) in [6.07, 6.45) is 2.47. The van der Waals surface area contributed by atoms with Gasteiger partial charge in [-0.05, 0) is 48.9 Å². The molecule has 0 aliphatic heterocycles. The SMILES string of the molecule is CC(C)[C@@H](NC(=O)c1ccc(-c2ccc(CSc3nc4c(c(=O)[nH]3)CCC4)c(F)c2)o1)C(=O)CN. The van der Waals surface area contributed by atoms with E-state index in [9.17, 15) is 18.8 Å². The lowest BCUT2D eigenvalue weighted by Crippen LogP contribution is -2.46. The van der Waals surface area contributed by atoms with E-state index >= 15 is 0 Å². The number of carbonyl (C=O) groups is 2. The number of benzene rings is 1. The highest BCUT2D eigenvalue weighted by molar-refractivity contribution is 7.98. The molecule has 0 fully saturated rings. The second-order valence-corrected chi connectivity index (χ2v) is 9.74. The van der Waals surface area contributed by atoms with Gasteiger partial charge in [0.15, 0.2) is 16.7 Å². The second-order valence-electron chi connectivity index (χ2n) is 8.77. The molecule has 0 spiro atoms. The van der Waals surface area contributed by atoms with Crippen LogP contribution in [0.5, 0.6) is 0 Å². The Hall–Kier alpha value is -3.24. The number of nitrogens with one attached hydrogen (secondary N) is 2. The average molecular weight is 499 g/mol. The normalized spacial score (nSPS) is 13.6. The number of rotatable bonds is 9. The van der Waals surface area contributed by atoms with Crippen LogP contribution in [0.2, 0.25) is 0 Å². The molecule has 1 aliphatic carbocycles. The summed E-state index contributed by atoms with van der Waals surface area (Å²) < 4.78 is 20.4. The average Bonchev–Trinajstić information content (AvgIpc) is 3.51. The van der Waals surface area contributed by atoms with Gasteiger partial charge in [-0.15, -0.1) is 0 Å². The molecule has 0 saturated carbocycles. The third-order valence-corrected chi connectivity index (χ3v) is 6.87. The van der Waals surface area contributed by atoms with Crippen LogP contribution in [0.15, 0.2) is 44.7 Å². The van der Waals surface area contributed by atoms with E-state index < -0.39 is 17.8 Å². The van der Waals surface area contributed by atoms with Crippen LogP contribution in [-0.2, 0) is 23.4 Å². The number of H-pyrrole nitrogens is 1. The Labute approximate surface area is 205 Å². The van der Waals surface area contributed by atoms with E-state index in [2.05, 4.69) is 15.3 Å². The van der Waals surface area contributed by atoms with Gasteiger partial charge in [-0.25, -0.2) is 9.37 Å². The Morgan fingerprint density at radius 3 is 2.77 bits per heavy atom. The van der Waals surface area contributed by atoms with E-state index in [0.717, 1.165) is 30.5 Å². The monoisotopic (exact) mass is 498 g/mol. The van der Waals surface area contributed by atoms with Crippen LogP contribution < -0.4 is 16.6 Å². The molecule has 4 N–H and O–H groups in total. The zero-order chi connectivity index (χ0) is 25.1. The highest BCUT2D eigenvalue weighted by Gasteiger charge is 2.25. The Balaban J connectivity index is 1.43. The summed E-state index contributed by atoms with van der Waals surface area (Å²) in [6, 6.07) is 7.02. The van der Waals surface area contributed by atoms with Gasteiger partial charge in [-0.1, -0.05) is 37.7 Å². The number of fused-ring (bicyclic) bond motifs is 1. The number of aromatic nitrogens is 2. The predicted octanol–water partition coefficient (Wildman–Crippen LogP) is 3.23. The molecule has 2 heterocycles. The van der Waals surface area contributed by atoms with E-state index in [4.69, 9.17) is 10.2 Å². The van der Waals surface area contributed by atoms with Crippen LogP contribution >= 0.6 is 11.8 Å². The maximum Gasteiger partial charge on any atom is 0.287 e. The van der Waals surface area contributed by atoms with Crippen LogP contribution in [0, 0.1) is 11.7 Å². The molecule has 8 nitrogen and oxygen atoms in total. The van der Waals surface area contributed by atoms with Crippen LogP contribution in [-0.4, -0.2) is 34.2 Å². The number of aromatic amines is 1. The molecule has 1 amide bonds. The smallest absolute Gasteiger partial charge is 0.287 e. The topological polar surface area (TPSA) is 131 Å². The van der Waals surface area contributed by atoms with Crippen molar-refractivity contribution in [2.24, 2.45) is 11.7 Å². The molecule has 0 bridgehead atoms. The quantitative estimate of drug-likeness (QED) is 0.305. The standard InChI is InChI=1S/C25H27FN4O4S/c1-13(2)22(19(31)11-27)29-24(33)21-9-8-20(34-21)14-6-7-15(17(26)10-14)12-35-25-28-18-5-3-4-16(18)23(32)30-25/h6-10,13,22H,3-5,11-12,27H2,1-2H3,(H,29,33)(H,28,30,32)/t22-/m1/s1. The van der Waals surface area contributed by atoms with E-state index in [1.807, 2.05) is 13.8 Å². The first kappa shape index (κ1) is 24.9. The molecule has 1 atom stereocenters. The number of ketones is 1. The molecule has 2 aromatic heterocycles. The summed E-state index contributed by atoms with van der Waals surface area (Å²) in [5, 5.41) is 3.13. The molecule has 35 heavy (non-hydrogen) atoms. The summed E-state index contributed by atoms with van der Waals surface area (Å²) in [5.74, 6) is -0.740. The number of nitrogens with zero attached hydrogens (tertiary/aromatic N) is 1. The minimum Gasteiger partial charge on any atom is -0.451 e. The summed E-state index contributed by atoms with van der Waals surface area (Å²) in [6.45, 7) is 3.45. The number of aryl methyl sites for hydroxylation is 1. The van der Waals surface area contributed by atoms with Gasteiger partial charge in [0.1, 0.15) is 11.6 Å². The van der Waals surface area contributed by atoms with Crippen LogP contribution in [0.3, 0.4) is 0 Å². The Morgan fingerprint density at radius 1 is 1.26 bits per heavy atom. The first-order valence-corrected chi connectivity index (χ1v) is 12.4. The molecule has 0 unspecified atom stereocenters. The summed E-state index contributed by atoms with van der Waals surface area (Å²) in [4.78, 5) is 44.0. The van der Waals surface area contributed by atoms with E-state index in [1.165, 1.54) is 23.9 Å². The number of hydrogen-bond donors (Lipinski definition) is 3. The summed E-state index contributed by atoms with van der Waals surface area (Å²) in [7, 11) is 0. The van der Waals surface area contributed by atoms with Crippen molar-refractivity contribution >= 4 is 23.5 Å². The van der Waals surface area contributed by atoms with Gasteiger partial charge in [0.05, 0.1) is 18.3 Å². The lowest BCUT2D eigenvalue weighted by Gasteiger charge is -2.19. The molecule has 3 aromatic rings. The molecule has 0 radical (unpaired) electrons. The first-order valence-electron chi connectivity index (χ1n) is 11.4. The summed E-state index contributed by atoms with van der Waals surface area (Å²) >= 11 is 1.27.